The van der Waals surface area contributed by atoms with Crippen molar-refractivity contribution in [3.05, 3.63) is 59.8 Å². The molecule has 2 aliphatic heterocycles. The van der Waals surface area contributed by atoms with Crippen molar-refractivity contribution in [3.8, 4) is 17.2 Å². The second kappa shape index (κ2) is 8.28. The molecule has 4 rings (SSSR count). The average molecular weight is 405 g/mol. The largest absolute Gasteiger partial charge is 0.493 e. The molecule has 0 saturated carbocycles. The summed E-state index contributed by atoms with van der Waals surface area (Å²) in [6.45, 7) is 0.590. The van der Waals surface area contributed by atoms with Crippen molar-refractivity contribution >= 4 is 23.4 Å². The van der Waals surface area contributed by atoms with Gasteiger partial charge in [-0.05, 0) is 24.1 Å². The van der Waals surface area contributed by atoms with Gasteiger partial charge in [-0.2, -0.15) is 10.3 Å². The Hall–Kier alpha value is -3.81. The summed E-state index contributed by atoms with van der Waals surface area (Å²) in [5, 5.41) is 3.89. The van der Waals surface area contributed by atoms with E-state index >= 15 is 0 Å². The lowest BCUT2D eigenvalue weighted by Crippen LogP contribution is -2.39. The SMILES string of the molecule is COc1cc(C2=CN=C3[N]C(=O)N=C3N2CCc2ccccc2)cc(OC)c1OC. The summed E-state index contributed by atoms with van der Waals surface area (Å²) >= 11 is 0. The molecule has 2 aromatic carbocycles. The third kappa shape index (κ3) is 3.59. The van der Waals surface area contributed by atoms with E-state index in [9.17, 15) is 4.79 Å². The quantitative estimate of drug-likeness (QED) is 0.706. The van der Waals surface area contributed by atoms with Crippen molar-refractivity contribution in [2.24, 2.45) is 9.98 Å². The first-order valence-electron chi connectivity index (χ1n) is 9.39. The third-order valence-electron chi connectivity index (χ3n) is 4.89. The Morgan fingerprint density at radius 3 is 2.30 bits per heavy atom. The Bertz CT molecular complexity index is 1040. The highest BCUT2D eigenvalue weighted by atomic mass is 16.5. The first-order chi connectivity index (χ1) is 14.6. The fraction of sp³-hybridized carbons (Fsp3) is 0.227. The number of ether oxygens (including phenoxy) is 3. The zero-order chi connectivity index (χ0) is 21.1. The molecule has 0 aliphatic carbocycles. The van der Waals surface area contributed by atoms with Crippen molar-refractivity contribution in [2.45, 2.75) is 6.42 Å². The Labute approximate surface area is 174 Å². The number of hydrogen-bond acceptors (Lipinski definition) is 6. The molecule has 2 amide bonds. The summed E-state index contributed by atoms with van der Waals surface area (Å²) in [5.74, 6) is 2.33. The predicted molar refractivity (Wildman–Crippen MR) is 113 cm³/mol. The zero-order valence-electron chi connectivity index (χ0n) is 17.0. The van der Waals surface area contributed by atoms with Gasteiger partial charge in [-0.1, -0.05) is 30.3 Å². The highest BCUT2D eigenvalue weighted by Crippen LogP contribution is 2.41. The minimum Gasteiger partial charge on any atom is -0.493 e. The highest BCUT2D eigenvalue weighted by Gasteiger charge is 2.33. The molecule has 30 heavy (non-hydrogen) atoms. The highest BCUT2D eigenvalue weighted by molar-refractivity contribution is 6.49. The number of rotatable bonds is 7. The van der Waals surface area contributed by atoms with E-state index in [0.29, 0.717) is 35.5 Å². The molecular weight excluding hydrogens is 384 g/mol. The van der Waals surface area contributed by atoms with Crippen LogP contribution in [-0.4, -0.2) is 50.5 Å². The molecule has 0 atom stereocenters. The number of hydrogen-bond donors (Lipinski definition) is 0. The van der Waals surface area contributed by atoms with E-state index in [0.717, 1.165) is 17.7 Å². The fourth-order valence-electron chi connectivity index (χ4n) is 3.45. The van der Waals surface area contributed by atoms with Crippen LogP contribution in [0.5, 0.6) is 17.2 Å². The van der Waals surface area contributed by atoms with Crippen LogP contribution >= 0.6 is 0 Å². The smallest absolute Gasteiger partial charge is 0.371 e. The van der Waals surface area contributed by atoms with E-state index in [4.69, 9.17) is 14.2 Å². The normalized spacial score (nSPS) is 15.0. The van der Waals surface area contributed by atoms with E-state index in [2.05, 4.69) is 27.4 Å². The summed E-state index contributed by atoms with van der Waals surface area (Å²) in [7, 11) is 4.69. The number of aliphatic imine (C=N–C) groups is 2. The second-order valence-corrected chi connectivity index (χ2v) is 6.60. The maximum absolute atomic E-state index is 11.8. The summed E-state index contributed by atoms with van der Waals surface area (Å²) in [6.07, 6.45) is 2.44. The molecule has 0 fully saturated rings. The molecular formula is C22H21N4O4. The van der Waals surface area contributed by atoms with Crippen LogP contribution in [-0.2, 0) is 6.42 Å². The molecule has 0 bridgehead atoms. The first kappa shape index (κ1) is 19.5. The molecule has 0 N–H and O–H groups in total. The standard InChI is InChI=1S/C22H21N4O4/c1-28-17-11-15(12-18(29-2)19(17)30-3)16-13-23-20-21(25-22(27)24-20)26(16)10-9-14-7-5-4-6-8-14/h4-8,11-13H,9-10H2,1-3H3. The van der Waals surface area contributed by atoms with Crippen LogP contribution in [0.1, 0.15) is 11.1 Å². The number of fused-ring (bicyclic) bond motifs is 1. The van der Waals surface area contributed by atoms with Crippen LogP contribution in [0, 0.1) is 0 Å². The lowest BCUT2D eigenvalue weighted by molar-refractivity contribution is 0.253. The maximum atomic E-state index is 11.8. The minimum atomic E-state index is -0.548. The van der Waals surface area contributed by atoms with Crippen LogP contribution in [0.15, 0.2) is 58.6 Å². The number of amidine groups is 2. The number of nitrogens with zero attached hydrogens (tertiary/aromatic N) is 4. The van der Waals surface area contributed by atoms with Crippen molar-refractivity contribution in [1.29, 1.82) is 0 Å². The van der Waals surface area contributed by atoms with Gasteiger partial charge in [0.2, 0.25) is 11.6 Å². The number of benzene rings is 2. The van der Waals surface area contributed by atoms with Gasteiger partial charge < -0.3 is 19.1 Å². The Morgan fingerprint density at radius 2 is 1.67 bits per heavy atom. The Kier molecular flexibility index (Phi) is 5.38. The molecule has 2 aromatic rings. The van der Waals surface area contributed by atoms with Crippen molar-refractivity contribution < 1.29 is 19.0 Å². The van der Waals surface area contributed by atoms with E-state index in [1.165, 1.54) is 5.56 Å². The lowest BCUT2D eigenvalue weighted by Gasteiger charge is -2.29. The maximum Gasteiger partial charge on any atom is 0.371 e. The molecule has 1 radical (unpaired) electrons. The molecule has 2 aliphatic rings. The van der Waals surface area contributed by atoms with Gasteiger partial charge in [0.25, 0.3) is 0 Å². The molecule has 0 spiro atoms. The Morgan fingerprint density at radius 1 is 0.967 bits per heavy atom. The van der Waals surface area contributed by atoms with Gasteiger partial charge in [-0.3, -0.25) is 0 Å². The monoisotopic (exact) mass is 405 g/mol. The van der Waals surface area contributed by atoms with Gasteiger partial charge in [0.05, 0.1) is 33.2 Å². The van der Waals surface area contributed by atoms with Crippen molar-refractivity contribution in [3.63, 3.8) is 0 Å². The van der Waals surface area contributed by atoms with Crippen LogP contribution in [0.4, 0.5) is 4.79 Å². The topological polar surface area (TPSA) is 86.8 Å². The van der Waals surface area contributed by atoms with Gasteiger partial charge in [-0.25, -0.2) is 9.79 Å². The van der Waals surface area contributed by atoms with E-state index < -0.39 is 6.03 Å². The third-order valence-corrected chi connectivity index (χ3v) is 4.89. The number of carbonyl (C=O) groups is 1. The predicted octanol–water partition coefficient (Wildman–Crippen LogP) is 3.10. The van der Waals surface area contributed by atoms with E-state index in [1.54, 1.807) is 27.5 Å². The fourth-order valence-corrected chi connectivity index (χ4v) is 3.45. The summed E-state index contributed by atoms with van der Waals surface area (Å²) in [6, 6.07) is 13.3. The Balaban J connectivity index is 1.74. The zero-order valence-corrected chi connectivity index (χ0v) is 17.0. The van der Waals surface area contributed by atoms with Crippen molar-refractivity contribution in [1.82, 2.24) is 10.2 Å². The lowest BCUT2D eigenvalue weighted by atomic mass is 10.1. The molecule has 0 saturated heterocycles. The van der Waals surface area contributed by atoms with Crippen LogP contribution in [0.25, 0.3) is 5.70 Å². The average Bonchev–Trinajstić information content (AvgIpc) is 3.17. The van der Waals surface area contributed by atoms with Gasteiger partial charge >= 0.3 is 6.03 Å². The van der Waals surface area contributed by atoms with E-state index in [-0.39, 0.29) is 0 Å². The number of methoxy groups -OCH3 is 3. The molecule has 8 heteroatoms. The van der Waals surface area contributed by atoms with Gasteiger partial charge in [0.1, 0.15) is 0 Å². The van der Waals surface area contributed by atoms with Gasteiger partial charge in [0.15, 0.2) is 17.3 Å². The number of amides is 2. The number of carbonyl (C=O) groups excluding carboxylic acids is 1. The summed E-state index contributed by atoms with van der Waals surface area (Å²) < 4.78 is 16.4. The molecule has 8 nitrogen and oxygen atoms in total. The van der Waals surface area contributed by atoms with Crippen molar-refractivity contribution in [2.75, 3.05) is 27.9 Å². The first-order valence-corrected chi connectivity index (χ1v) is 9.39. The molecule has 2 heterocycles. The second-order valence-electron chi connectivity index (χ2n) is 6.60. The number of urea groups is 1. The molecule has 0 aromatic heterocycles. The molecule has 153 valence electrons. The van der Waals surface area contributed by atoms with Gasteiger partial charge in [-0.15, -0.1) is 0 Å². The minimum absolute atomic E-state index is 0.323. The van der Waals surface area contributed by atoms with Crippen LogP contribution in [0.3, 0.4) is 0 Å². The summed E-state index contributed by atoms with van der Waals surface area (Å²) in [5.41, 5.74) is 2.73. The molecule has 0 unspecified atom stereocenters. The summed E-state index contributed by atoms with van der Waals surface area (Å²) in [4.78, 5) is 22.2. The van der Waals surface area contributed by atoms with E-state index in [1.807, 2.05) is 35.2 Å². The van der Waals surface area contributed by atoms with Crippen LogP contribution in [0.2, 0.25) is 0 Å². The van der Waals surface area contributed by atoms with Gasteiger partial charge in [0, 0.05) is 12.1 Å². The van der Waals surface area contributed by atoms with Crippen LogP contribution < -0.4 is 19.5 Å².